The molecule has 3 aromatic rings. The Bertz CT molecular complexity index is 1280. The van der Waals surface area contributed by atoms with Crippen LogP contribution in [0, 0.1) is 13.8 Å². The minimum Gasteiger partial charge on any atom is -0.457 e. The third-order valence-corrected chi connectivity index (χ3v) is 5.41. The fraction of sp³-hybridized carbons (Fsp3) is 0.207. The van der Waals surface area contributed by atoms with Crippen molar-refractivity contribution in [2.24, 2.45) is 0 Å². The Morgan fingerprint density at radius 2 is 1.05 bits per heavy atom. The third kappa shape index (κ3) is 8.54. The van der Waals surface area contributed by atoms with Gasteiger partial charge in [-0.25, -0.2) is 4.79 Å². The molecule has 0 aliphatic rings. The zero-order valence-corrected chi connectivity index (χ0v) is 20.6. The van der Waals surface area contributed by atoms with Crippen molar-refractivity contribution < 1.29 is 33.4 Å². The molecule has 0 aliphatic heterocycles. The summed E-state index contributed by atoms with van der Waals surface area (Å²) >= 11 is 0. The predicted molar refractivity (Wildman–Crippen MR) is 137 cm³/mol. The first-order valence-electron chi connectivity index (χ1n) is 11.6. The van der Waals surface area contributed by atoms with Crippen LogP contribution in [0.2, 0.25) is 0 Å². The monoisotopic (exact) mass is 501 g/mol. The van der Waals surface area contributed by atoms with Gasteiger partial charge < -0.3 is 14.8 Å². The van der Waals surface area contributed by atoms with Crippen molar-refractivity contribution in [2.75, 3.05) is 18.5 Å². The molecular weight excluding hydrogens is 474 g/mol. The molecule has 0 fully saturated rings. The number of Topliss-reactive ketones (excluding diaryl/α,β-unsaturated/α-hetero) is 2. The molecule has 1 amide bonds. The van der Waals surface area contributed by atoms with Gasteiger partial charge in [-0.3, -0.25) is 19.2 Å². The van der Waals surface area contributed by atoms with Crippen molar-refractivity contribution in [1.82, 2.24) is 0 Å². The molecule has 0 radical (unpaired) electrons. The van der Waals surface area contributed by atoms with Crippen LogP contribution in [0.4, 0.5) is 5.69 Å². The number of benzene rings is 3. The molecule has 190 valence electrons. The van der Waals surface area contributed by atoms with E-state index in [4.69, 9.17) is 9.47 Å². The van der Waals surface area contributed by atoms with Gasteiger partial charge in [-0.15, -0.1) is 0 Å². The number of hydrogen-bond acceptors (Lipinski definition) is 7. The normalized spacial score (nSPS) is 10.3. The van der Waals surface area contributed by atoms with Gasteiger partial charge in [0, 0.05) is 23.2 Å². The summed E-state index contributed by atoms with van der Waals surface area (Å²) in [5.41, 5.74) is 3.57. The summed E-state index contributed by atoms with van der Waals surface area (Å²) in [6.45, 7) is 3.04. The maximum Gasteiger partial charge on any atom is 0.338 e. The number of amides is 1. The molecule has 0 unspecified atom stereocenters. The van der Waals surface area contributed by atoms with Crippen LogP contribution in [0.15, 0.2) is 72.8 Å². The highest BCUT2D eigenvalue weighted by atomic mass is 16.5. The maximum atomic E-state index is 12.2. The first-order chi connectivity index (χ1) is 17.7. The number of carbonyl (C=O) groups is 5. The Morgan fingerprint density at radius 1 is 0.595 bits per heavy atom. The third-order valence-electron chi connectivity index (χ3n) is 5.41. The zero-order valence-electron chi connectivity index (χ0n) is 20.6. The number of ether oxygens (including phenoxy) is 2. The molecule has 0 atom stereocenters. The van der Waals surface area contributed by atoms with Gasteiger partial charge in [-0.05, 0) is 38.1 Å². The largest absolute Gasteiger partial charge is 0.457 e. The lowest BCUT2D eigenvalue weighted by atomic mass is 10.1. The molecule has 0 aromatic heterocycles. The highest BCUT2D eigenvalue weighted by molar-refractivity contribution is 6.00. The van der Waals surface area contributed by atoms with E-state index >= 15 is 0 Å². The number of esters is 2. The SMILES string of the molecule is Cc1ccc(C(=O)COC(=O)CCC(=O)Nc2ccc(C(=O)OCC(=O)c3ccc(C)cc3)cc2)cc1. The molecule has 8 heteroatoms. The quantitative estimate of drug-likeness (QED) is 0.304. The van der Waals surface area contributed by atoms with E-state index in [1.54, 1.807) is 48.5 Å². The summed E-state index contributed by atoms with van der Waals surface area (Å²) in [5, 5.41) is 2.62. The number of anilines is 1. The van der Waals surface area contributed by atoms with Crippen LogP contribution in [0.5, 0.6) is 0 Å². The fourth-order valence-electron chi connectivity index (χ4n) is 3.21. The van der Waals surface area contributed by atoms with Crippen molar-refractivity contribution in [3.63, 3.8) is 0 Å². The van der Waals surface area contributed by atoms with E-state index in [-0.39, 0.29) is 36.6 Å². The number of aryl methyl sites for hydroxylation is 2. The molecule has 0 saturated carbocycles. The van der Waals surface area contributed by atoms with E-state index in [1.807, 2.05) is 13.8 Å². The summed E-state index contributed by atoms with van der Waals surface area (Å²) < 4.78 is 10.0. The van der Waals surface area contributed by atoms with Crippen LogP contribution in [-0.4, -0.2) is 42.6 Å². The predicted octanol–water partition coefficient (Wildman–Crippen LogP) is 4.49. The highest BCUT2D eigenvalue weighted by Crippen LogP contribution is 2.12. The Kier molecular flexibility index (Phi) is 9.43. The lowest BCUT2D eigenvalue weighted by Crippen LogP contribution is -2.17. The van der Waals surface area contributed by atoms with Gasteiger partial charge in [0.25, 0.3) is 0 Å². The van der Waals surface area contributed by atoms with Crippen LogP contribution in [0.1, 0.15) is 55.0 Å². The zero-order chi connectivity index (χ0) is 26.8. The molecular formula is C29H27NO7. The Hall–Kier alpha value is -4.59. The second kappa shape index (κ2) is 12.9. The van der Waals surface area contributed by atoms with E-state index in [0.717, 1.165) is 11.1 Å². The van der Waals surface area contributed by atoms with Crippen LogP contribution in [0.3, 0.4) is 0 Å². The molecule has 0 bridgehead atoms. The van der Waals surface area contributed by atoms with Crippen molar-refractivity contribution in [1.29, 1.82) is 0 Å². The van der Waals surface area contributed by atoms with Gasteiger partial charge in [0.05, 0.1) is 12.0 Å². The molecule has 37 heavy (non-hydrogen) atoms. The van der Waals surface area contributed by atoms with Gasteiger partial charge in [-0.2, -0.15) is 0 Å². The van der Waals surface area contributed by atoms with Gasteiger partial charge in [-0.1, -0.05) is 59.7 Å². The topological polar surface area (TPSA) is 116 Å². The standard InChI is InChI=1S/C29H27NO7/c1-19-3-7-21(8-4-19)25(31)17-36-28(34)16-15-27(33)30-24-13-11-23(12-14-24)29(35)37-18-26(32)22-9-5-20(2)6-10-22/h3-14H,15-18H2,1-2H3,(H,30,33). The van der Waals surface area contributed by atoms with E-state index in [2.05, 4.69) is 5.32 Å². The molecule has 8 nitrogen and oxygen atoms in total. The molecule has 3 aromatic carbocycles. The minimum atomic E-state index is -0.665. The molecule has 3 rings (SSSR count). The highest BCUT2D eigenvalue weighted by Gasteiger charge is 2.14. The molecule has 0 aliphatic carbocycles. The van der Waals surface area contributed by atoms with Crippen LogP contribution < -0.4 is 5.32 Å². The number of rotatable bonds is 11. The van der Waals surface area contributed by atoms with E-state index in [0.29, 0.717) is 16.8 Å². The summed E-state index contributed by atoms with van der Waals surface area (Å²) in [5.74, 6) is -2.39. The van der Waals surface area contributed by atoms with Gasteiger partial charge in [0.15, 0.2) is 24.8 Å². The second-order valence-electron chi connectivity index (χ2n) is 8.44. The molecule has 0 heterocycles. The average Bonchev–Trinajstić information content (AvgIpc) is 2.90. The molecule has 1 N–H and O–H groups in total. The fourth-order valence-corrected chi connectivity index (χ4v) is 3.21. The lowest BCUT2D eigenvalue weighted by Gasteiger charge is -2.08. The Labute approximate surface area is 214 Å². The van der Waals surface area contributed by atoms with Crippen molar-refractivity contribution in [2.45, 2.75) is 26.7 Å². The maximum absolute atomic E-state index is 12.2. The van der Waals surface area contributed by atoms with Crippen LogP contribution >= 0.6 is 0 Å². The van der Waals surface area contributed by atoms with E-state index in [1.165, 1.54) is 24.3 Å². The number of ketones is 2. The number of nitrogens with one attached hydrogen (secondary N) is 1. The van der Waals surface area contributed by atoms with E-state index < -0.39 is 24.5 Å². The van der Waals surface area contributed by atoms with Gasteiger partial charge in [0.1, 0.15) is 0 Å². The van der Waals surface area contributed by atoms with Crippen molar-refractivity contribution in [3.05, 3.63) is 101 Å². The Morgan fingerprint density at radius 3 is 1.57 bits per heavy atom. The molecule has 0 saturated heterocycles. The second-order valence-corrected chi connectivity index (χ2v) is 8.44. The van der Waals surface area contributed by atoms with Crippen molar-refractivity contribution >= 4 is 35.1 Å². The smallest absolute Gasteiger partial charge is 0.338 e. The van der Waals surface area contributed by atoms with Gasteiger partial charge >= 0.3 is 11.9 Å². The van der Waals surface area contributed by atoms with Crippen LogP contribution in [-0.2, 0) is 19.1 Å². The Balaban J connectivity index is 1.38. The summed E-state index contributed by atoms with van der Waals surface area (Å²) in [7, 11) is 0. The van der Waals surface area contributed by atoms with E-state index in [9.17, 15) is 24.0 Å². The first kappa shape index (κ1) is 27.0. The lowest BCUT2D eigenvalue weighted by molar-refractivity contribution is -0.143. The first-order valence-corrected chi connectivity index (χ1v) is 11.6. The van der Waals surface area contributed by atoms with Crippen LogP contribution in [0.25, 0.3) is 0 Å². The average molecular weight is 502 g/mol. The number of carbonyl (C=O) groups excluding carboxylic acids is 5. The number of hydrogen-bond donors (Lipinski definition) is 1. The van der Waals surface area contributed by atoms with Crippen molar-refractivity contribution in [3.8, 4) is 0 Å². The molecule has 0 spiro atoms. The summed E-state index contributed by atoms with van der Waals surface area (Å²) in [4.78, 5) is 60.5. The van der Waals surface area contributed by atoms with Gasteiger partial charge in [0.2, 0.25) is 5.91 Å². The summed E-state index contributed by atoms with van der Waals surface area (Å²) in [6, 6.07) is 19.8. The minimum absolute atomic E-state index is 0.136. The summed E-state index contributed by atoms with van der Waals surface area (Å²) in [6.07, 6.45) is -0.325.